The molecule has 0 rings (SSSR count). The molecule has 4 heteroatoms. The summed E-state index contributed by atoms with van der Waals surface area (Å²) in [4.78, 5) is 11.2. The zero-order valence-electron chi connectivity index (χ0n) is 13.8. The lowest BCUT2D eigenvalue weighted by Crippen LogP contribution is -2.35. The van der Waals surface area contributed by atoms with Gasteiger partial charge in [-0.3, -0.25) is 4.79 Å². The van der Waals surface area contributed by atoms with Crippen LogP contribution >= 0.6 is 0 Å². The normalized spacial score (nSPS) is 12.3. The quantitative estimate of drug-likeness (QED) is 0.358. The van der Waals surface area contributed by atoms with E-state index in [1.807, 2.05) is 0 Å². The molecule has 0 fully saturated rings. The monoisotopic (exact) mass is 301 g/mol. The standard InChI is InChI=1S/C17H35NO3/c1-2-3-4-5-6-7-8-9-10-11-12-13-14-21-17(20)16(18)15-19/h16,19H,2-15,18H2,1H3/t16-/m0/s1. The van der Waals surface area contributed by atoms with Gasteiger partial charge in [-0.1, -0.05) is 77.6 Å². The molecule has 0 saturated heterocycles. The molecular weight excluding hydrogens is 266 g/mol. The van der Waals surface area contributed by atoms with E-state index in [-0.39, 0.29) is 6.61 Å². The number of carbonyl (C=O) groups is 1. The molecular formula is C17H35NO3. The highest BCUT2D eigenvalue weighted by Crippen LogP contribution is 2.11. The fourth-order valence-electron chi connectivity index (χ4n) is 2.30. The van der Waals surface area contributed by atoms with Gasteiger partial charge in [-0.25, -0.2) is 0 Å². The number of nitrogens with two attached hydrogens (primary N) is 1. The fourth-order valence-corrected chi connectivity index (χ4v) is 2.30. The number of esters is 1. The molecule has 21 heavy (non-hydrogen) atoms. The van der Waals surface area contributed by atoms with Gasteiger partial charge in [0, 0.05) is 0 Å². The van der Waals surface area contributed by atoms with Crippen molar-refractivity contribution in [1.82, 2.24) is 0 Å². The lowest BCUT2D eigenvalue weighted by Gasteiger charge is -2.08. The van der Waals surface area contributed by atoms with E-state index in [4.69, 9.17) is 15.6 Å². The highest BCUT2D eigenvalue weighted by molar-refractivity contribution is 5.75. The molecule has 3 N–H and O–H groups in total. The maximum atomic E-state index is 11.2. The van der Waals surface area contributed by atoms with Gasteiger partial charge in [0.2, 0.25) is 0 Å². The molecule has 0 unspecified atom stereocenters. The summed E-state index contributed by atoms with van der Waals surface area (Å²) in [5, 5.41) is 8.68. The molecule has 0 heterocycles. The van der Waals surface area contributed by atoms with Gasteiger partial charge in [-0.05, 0) is 6.42 Å². The third-order valence-corrected chi connectivity index (χ3v) is 3.74. The van der Waals surface area contributed by atoms with Crippen LogP contribution in [0, 0.1) is 0 Å². The Morgan fingerprint density at radius 1 is 0.905 bits per heavy atom. The SMILES string of the molecule is CCCCCCCCCCCCCCOC(=O)[C@@H](N)CO. The second-order valence-electron chi connectivity index (χ2n) is 5.85. The molecule has 0 aliphatic carbocycles. The van der Waals surface area contributed by atoms with E-state index < -0.39 is 12.0 Å². The molecule has 0 spiro atoms. The summed E-state index contributed by atoms with van der Waals surface area (Å²) in [5.41, 5.74) is 5.34. The first-order valence-corrected chi connectivity index (χ1v) is 8.75. The van der Waals surface area contributed by atoms with Gasteiger partial charge in [0.15, 0.2) is 0 Å². The van der Waals surface area contributed by atoms with Crippen LogP contribution in [-0.2, 0) is 9.53 Å². The Kier molecular flexibility index (Phi) is 15.3. The number of unbranched alkanes of at least 4 members (excludes halogenated alkanes) is 11. The van der Waals surface area contributed by atoms with Gasteiger partial charge in [0.1, 0.15) is 6.04 Å². The molecule has 0 aromatic carbocycles. The van der Waals surface area contributed by atoms with Crippen LogP contribution in [0.1, 0.15) is 84.0 Å². The molecule has 0 aromatic rings. The van der Waals surface area contributed by atoms with Crippen LogP contribution in [0.5, 0.6) is 0 Å². The van der Waals surface area contributed by atoms with Crippen LogP contribution < -0.4 is 5.73 Å². The maximum Gasteiger partial charge on any atom is 0.325 e. The van der Waals surface area contributed by atoms with E-state index in [9.17, 15) is 4.79 Å². The number of carbonyl (C=O) groups excluding carboxylic acids is 1. The fraction of sp³-hybridized carbons (Fsp3) is 0.941. The van der Waals surface area contributed by atoms with E-state index in [1.54, 1.807) is 0 Å². The van der Waals surface area contributed by atoms with Crippen LogP contribution in [0.15, 0.2) is 0 Å². The zero-order valence-corrected chi connectivity index (χ0v) is 13.8. The van der Waals surface area contributed by atoms with Crippen molar-refractivity contribution in [1.29, 1.82) is 0 Å². The van der Waals surface area contributed by atoms with Crippen molar-refractivity contribution in [2.24, 2.45) is 5.73 Å². The molecule has 4 nitrogen and oxygen atoms in total. The van der Waals surface area contributed by atoms with E-state index in [1.165, 1.54) is 64.2 Å². The molecule has 0 amide bonds. The average molecular weight is 301 g/mol. The minimum Gasteiger partial charge on any atom is -0.464 e. The van der Waals surface area contributed by atoms with Gasteiger partial charge < -0.3 is 15.6 Å². The summed E-state index contributed by atoms with van der Waals surface area (Å²) in [6.45, 7) is 2.32. The van der Waals surface area contributed by atoms with E-state index in [0.717, 1.165) is 12.8 Å². The number of hydrogen-bond donors (Lipinski definition) is 2. The van der Waals surface area contributed by atoms with Crippen LogP contribution in [0.2, 0.25) is 0 Å². The lowest BCUT2D eigenvalue weighted by molar-refractivity contribution is -0.146. The van der Waals surface area contributed by atoms with Crippen molar-refractivity contribution in [2.45, 2.75) is 90.0 Å². The minimum atomic E-state index is -0.887. The molecule has 0 bridgehead atoms. The summed E-state index contributed by atoms with van der Waals surface area (Å²) in [7, 11) is 0. The molecule has 0 radical (unpaired) electrons. The average Bonchev–Trinajstić information content (AvgIpc) is 2.50. The molecule has 1 atom stereocenters. The number of rotatable bonds is 15. The smallest absolute Gasteiger partial charge is 0.325 e. The summed E-state index contributed by atoms with van der Waals surface area (Å²) < 4.78 is 4.96. The highest BCUT2D eigenvalue weighted by Gasteiger charge is 2.12. The van der Waals surface area contributed by atoms with Crippen molar-refractivity contribution in [2.75, 3.05) is 13.2 Å². The van der Waals surface area contributed by atoms with Crippen molar-refractivity contribution < 1.29 is 14.6 Å². The molecule has 0 saturated carbocycles. The summed E-state index contributed by atoms with van der Waals surface area (Å²) >= 11 is 0. The topological polar surface area (TPSA) is 72.5 Å². The summed E-state index contributed by atoms with van der Waals surface area (Å²) in [5.74, 6) is -0.499. The Morgan fingerprint density at radius 2 is 1.33 bits per heavy atom. The maximum absolute atomic E-state index is 11.2. The van der Waals surface area contributed by atoms with E-state index in [2.05, 4.69) is 6.92 Å². The van der Waals surface area contributed by atoms with Crippen LogP contribution in [0.4, 0.5) is 0 Å². The van der Waals surface area contributed by atoms with Crippen LogP contribution in [0.3, 0.4) is 0 Å². The number of ether oxygens (including phenoxy) is 1. The Bertz CT molecular complexity index is 234. The Morgan fingerprint density at radius 3 is 1.76 bits per heavy atom. The van der Waals surface area contributed by atoms with Gasteiger partial charge in [-0.15, -0.1) is 0 Å². The van der Waals surface area contributed by atoms with Crippen molar-refractivity contribution in [3.8, 4) is 0 Å². The van der Waals surface area contributed by atoms with Crippen LogP contribution in [0.25, 0.3) is 0 Å². The third kappa shape index (κ3) is 14.1. The lowest BCUT2D eigenvalue weighted by atomic mass is 10.1. The number of aliphatic hydroxyl groups is 1. The molecule has 126 valence electrons. The first kappa shape index (κ1) is 20.4. The van der Waals surface area contributed by atoms with Crippen LogP contribution in [-0.4, -0.2) is 30.3 Å². The second kappa shape index (κ2) is 15.8. The first-order chi connectivity index (χ1) is 10.2. The van der Waals surface area contributed by atoms with Crippen molar-refractivity contribution in [3.63, 3.8) is 0 Å². The van der Waals surface area contributed by atoms with E-state index in [0.29, 0.717) is 6.61 Å². The van der Waals surface area contributed by atoms with Gasteiger partial charge in [0.25, 0.3) is 0 Å². The van der Waals surface area contributed by atoms with E-state index >= 15 is 0 Å². The highest BCUT2D eigenvalue weighted by atomic mass is 16.5. The minimum absolute atomic E-state index is 0.350. The van der Waals surface area contributed by atoms with Gasteiger partial charge in [0.05, 0.1) is 13.2 Å². The molecule has 0 aromatic heterocycles. The van der Waals surface area contributed by atoms with Gasteiger partial charge >= 0.3 is 5.97 Å². The first-order valence-electron chi connectivity index (χ1n) is 8.75. The second-order valence-corrected chi connectivity index (χ2v) is 5.85. The predicted octanol–water partition coefficient (Wildman–Crippen LogP) is 3.55. The third-order valence-electron chi connectivity index (χ3n) is 3.74. The van der Waals surface area contributed by atoms with Crippen molar-refractivity contribution >= 4 is 5.97 Å². The Labute approximate surface area is 130 Å². The Balaban J connectivity index is 3.11. The van der Waals surface area contributed by atoms with Gasteiger partial charge in [-0.2, -0.15) is 0 Å². The number of aliphatic hydroxyl groups excluding tert-OH is 1. The Hall–Kier alpha value is -0.610. The summed E-state index contributed by atoms with van der Waals surface area (Å²) in [6.07, 6.45) is 15.4. The predicted molar refractivity (Wildman–Crippen MR) is 87.1 cm³/mol. The zero-order chi connectivity index (χ0) is 15.8. The molecule has 0 aliphatic rings. The number of hydrogen-bond acceptors (Lipinski definition) is 4. The molecule has 0 aliphatic heterocycles. The largest absolute Gasteiger partial charge is 0.464 e. The van der Waals surface area contributed by atoms with Crippen molar-refractivity contribution in [3.05, 3.63) is 0 Å². The summed E-state index contributed by atoms with van der Waals surface area (Å²) in [6, 6.07) is -0.887.